The number of nitrogens with zero attached hydrogens (tertiary/aromatic N) is 4. The number of methoxy groups -OCH3 is 1. The average Bonchev–Trinajstić information content (AvgIpc) is 3.60. The van der Waals surface area contributed by atoms with E-state index in [4.69, 9.17) is 18.9 Å². The van der Waals surface area contributed by atoms with E-state index in [-0.39, 0.29) is 52.0 Å². The molecule has 0 saturated heterocycles. The highest BCUT2D eigenvalue weighted by Gasteiger charge is 2.33. The molecule has 5 rings (SSSR count). The number of esters is 2. The smallest absolute Gasteiger partial charge is 0.424 e. The van der Waals surface area contributed by atoms with Crippen molar-refractivity contribution in [3.05, 3.63) is 96.4 Å². The van der Waals surface area contributed by atoms with E-state index in [1.165, 1.54) is 62.2 Å². The normalized spacial score (nSPS) is 12.3. The minimum atomic E-state index is -3.63. The van der Waals surface area contributed by atoms with Gasteiger partial charge in [0.05, 0.1) is 30.0 Å². The number of amides is 2. The quantitative estimate of drug-likeness (QED) is 0.0979. The SMILES string of the molecule is CC(=O)OC(C)(C)C.CCC.COc1cc(S(C)(=O)=O)ccc1N(C(=O)OC(C)OC(=O)[C@@H](C)C(C)(C)C)c1nc2ccc(-c3ccc(NC(=O)Cc4ccc(F)cc4)cc3)cn2n1. The number of fused-ring (bicyclic) bond motifs is 1. The lowest BCUT2D eigenvalue weighted by Crippen LogP contribution is -2.35. The van der Waals surface area contributed by atoms with E-state index in [2.05, 4.69) is 29.2 Å². The number of pyridine rings is 1. The number of nitrogens with one attached hydrogen (secondary N) is 1. The van der Waals surface area contributed by atoms with Crippen LogP contribution in [0.4, 0.5) is 26.5 Å². The van der Waals surface area contributed by atoms with Gasteiger partial charge in [0.15, 0.2) is 15.5 Å². The molecule has 0 aliphatic rings. The van der Waals surface area contributed by atoms with Crippen LogP contribution in [-0.4, -0.2) is 72.2 Å². The van der Waals surface area contributed by atoms with Gasteiger partial charge in [-0.15, -0.1) is 5.10 Å². The Labute approximate surface area is 375 Å². The van der Waals surface area contributed by atoms with Gasteiger partial charge in [0.1, 0.15) is 17.2 Å². The summed E-state index contributed by atoms with van der Waals surface area (Å²) in [5, 5.41) is 7.37. The van der Waals surface area contributed by atoms with Crippen molar-refractivity contribution in [2.45, 2.75) is 106 Å². The fraction of sp³-hybridized carbons (Fsp3) is 0.404. The van der Waals surface area contributed by atoms with Gasteiger partial charge in [-0.25, -0.2) is 27.0 Å². The molecule has 1 unspecified atom stereocenters. The number of carbonyl (C=O) groups excluding carboxylic acids is 4. The van der Waals surface area contributed by atoms with Gasteiger partial charge >= 0.3 is 18.0 Å². The molecule has 346 valence electrons. The Balaban J connectivity index is 0.000000881. The van der Waals surface area contributed by atoms with Crippen LogP contribution >= 0.6 is 0 Å². The molecule has 0 aliphatic carbocycles. The number of anilines is 3. The molecule has 15 nitrogen and oxygen atoms in total. The van der Waals surface area contributed by atoms with Crippen molar-refractivity contribution >= 4 is 56.7 Å². The summed E-state index contributed by atoms with van der Waals surface area (Å²) in [6, 6.07) is 20.3. The molecular weight excluding hydrogens is 846 g/mol. The van der Waals surface area contributed by atoms with E-state index in [0.717, 1.165) is 22.3 Å². The fourth-order valence-corrected chi connectivity index (χ4v) is 6.14. The summed E-state index contributed by atoms with van der Waals surface area (Å²) in [6.07, 6.45) is 1.75. The largest absolute Gasteiger partial charge is 0.495 e. The average molecular weight is 906 g/mol. The molecule has 5 aromatic rings. The summed E-state index contributed by atoms with van der Waals surface area (Å²) in [4.78, 5) is 54.9. The maximum absolute atomic E-state index is 13.8. The van der Waals surface area contributed by atoms with E-state index in [1.54, 1.807) is 49.5 Å². The number of benzene rings is 3. The Morgan fingerprint density at radius 1 is 0.859 bits per heavy atom. The van der Waals surface area contributed by atoms with Gasteiger partial charge in [-0.3, -0.25) is 14.4 Å². The molecular formula is C47H60FN5O10S. The molecule has 1 N–H and O–H groups in total. The van der Waals surface area contributed by atoms with E-state index in [9.17, 15) is 32.0 Å². The lowest BCUT2D eigenvalue weighted by atomic mass is 9.82. The molecule has 17 heteroatoms. The molecule has 0 bridgehead atoms. The Morgan fingerprint density at radius 3 is 1.97 bits per heavy atom. The van der Waals surface area contributed by atoms with Gasteiger partial charge in [-0.2, -0.15) is 4.98 Å². The minimum Gasteiger partial charge on any atom is -0.495 e. The monoisotopic (exact) mass is 905 g/mol. The summed E-state index contributed by atoms with van der Waals surface area (Å²) in [5.41, 5.74) is 2.47. The van der Waals surface area contributed by atoms with Crippen LogP contribution in [-0.2, 0) is 44.9 Å². The first-order valence-electron chi connectivity index (χ1n) is 20.6. The molecule has 3 aromatic carbocycles. The van der Waals surface area contributed by atoms with E-state index >= 15 is 0 Å². The van der Waals surface area contributed by atoms with Crippen molar-refractivity contribution in [2.75, 3.05) is 23.6 Å². The summed E-state index contributed by atoms with van der Waals surface area (Å²) < 4.78 is 60.5. The van der Waals surface area contributed by atoms with Gasteiger partial charge in [-0.05, 0) is 85.8 Å². The number of sulfone groups is 1. The summed E-state index contributed by atoms with van der Waals surface area (Å²) in [5.74, 6) is -2.03. The van der Waals surface area contributed by atoms with Crippen LogP contribution < -0.4 is 15.0 Å². The molecule has 0 spiro atoms. The first-order chi connectivity index (χ1) is 29.8. The summed E-state index contributed by atoms with van der Waals surface area (Å²) in [6.45, 7) is 20.0. The van der Waals surface area contributed by atoms with Crippen LogP contribution in [0.3, 0.4) is 0 Å². The Kier molecular flexibility index (Phi) is 18.1. The standard InChI is InChI=1S/C38H40FN5O8S.C6H12O2.C3H8/c1-23(38(3,4)5)35(46)51-24(2)52-37(47)44(31-18-17-30(53(7,48)49)21-32(31)50-6)36-41-33-19-12-27(22-43(33)42-36)26-10-15-29(16-11-26)40-34(45)20-25-8-13-28(39)14-9-25;1-5(7)8-6(2,3)4;1-3-2/h8-19,21-24H,20H2,1-7H3,(H,40,45);1-4H3;3H2,1-2H3/t23-,24?;;/m1../s1. The molecule has 0 saturated carbocycles. The third-order valence-corrected chi connectivity index (χ3v) is 10.1. The molecule has 2 aromatic heterocycles. The fourth-order valence-electron chi connectivity index (χ4n) is 5.51. The number of hydrogen-bond donors (Lipinski definition) is 1. The maximum atomic E-state index is 13.8. The third-order valence-electron chi connectivity index (χ3n) is 8.95. The van der Waals surface area contributed by atoms with Crippen molar-refractivity contribution in [3.63, 3.8) is 0 Å². The molecule has 2 heterocycles. The van der Waals surface area contributed by atoms with Crippen molar-refractivity contribution in [3.8, 4) is 16.9 Å². The topological polar surface area (TPSA) is 185 Å². The van der Waals surface area contributed by atoms with Crippen molar-refractivity contribution in [1.82, 2.24) is 14.6 Å². The number of carbonyl (C=O) groups is 4. The summed E-state index contributed by atoms with van der Waals surface area (Å²) >= 11 is 0. The summed E-state index contributed by atoms with van der Waals surface area (Å²) in [7, 11) is -2.31. The van der Waals surface area contributed by atoms with E-state index < -0.39 is 39.5 Å². The van der Waals surface area contributed by atoms with Gasteiger partial charge in [0, 0.05) is 43.6 Å². The van der Waals surface area contributed by atoms with Crippen molar-refractivity contribution in [2.24, 2.45) is 11.3 Å². The van der Waals surface area contributed by atoms with Crippen LogP contribution in [0.2, 0.25) is 0 Å². The highest BCUT2D eigenvalue weighted by atomic mass is 32.2. The van der Waals surface area contributed by atoms with E-state index in [1.807, 2.05) is 53.7 Å². The van der Waals surface area contributed by atoms with E-state index in [0.29, 0.717) is 16.9 Å². The number of halogens is 1. The zero-order valence-electron chi connectivity index (χ0n) is 38.8. The van der Waals surface area contributed by atoms with Crippen LogP contribution in [0.25, 0.3) is 16.8 Å². The number of ether oxygens (including phenoxy) is 4. The Hall–Kier alpha value is -6.36. The van der Waals surface area contributed by atoms with Crippen LogP contribution in [0, 0.1) is 17.2 Å². The zero-order chi connectivity index (χ0) is 48.2. The maximum Gasteiger partial charge on any atom is 0.424 e. The lowest BCUT2D eigenvalue weighted by molar-refractivity contribution is -0.172. The first-order valence-corrected chi connectivity index (χ1v) is 22.4. The highest BCUT2D eigenvalue weighted by molar-refractivity contribution is 7.90. The predicted molar refractivity (Wildman–Crippen MR) is 244 cm³/mol. The number of rotatable bonds is 11. The molecule has 0 radical (unpaired) electrons. The Morgan fingerprint density at radius 2 is 1.45 bits per heavy atom. The van der Waals surface area contributed by atoms with Gasteiger partial charge < -0.3 is 24.3 Å². The second-order valence-corrected chi connectivity index (χ2v) is 18.9. The number of aromatic nitrogens is 3. The second kappa shape index (κ2) is 22.3. The van der Waals surface area contributed by atoms with Crippen LogP contribution in [0.15, 0.2) is 90.0 Å². The van der Waals surface area contributed by atoms with Gasteiger partial charge in [0.2, 0.25) is 12.2 Å². The minimum absolute atomic E-state index is 0.0141. The molecule has 0 fully saturated rings. The van der Waals surface area contributed by atoms with Crippen molar-refractivity contribution in [1.29, 1.82) is 0 Å². The third kappa shape index (κ3) is 15.8. The first kappa shape index (κ1) is 52.0. The van der Waals surface area contributed by atoms with Crippen LogP contribution in [0.1, 0.15) is 88.1 Å². The highest BCUT2D eigenvalue weighted by Crippen LogP contribution is 2.36. The van der Waals surface area contributed by atoms with Crippen molar-refractivity contribution < 1.29 is 50.9 Å². The molecule has 0 aliphatic heterocycles. The van der Waals surface area contributed by atoms with Gasteiger partial charge in [-0.1, -0.05) is 72.2 Å². The van der Waals surface area contributed by atoms with Crippen LogP contribution in [0.5, 0.6) is 5.75 Å². The zero-order valence-corrected chi connectivity index (χ0v) is 39.6. The lowest BCUT2D eigenvalue weighted by Gasteiger charge is -2.27. The Bertz CT molecular complexity index is 2490. The molecule has 2 amide bonds. The molecule has 2 atom stereocenters. The number of hydrogen-bond acceptors (Lipinski definition) is 12. The second-order valence-electron chi connectivity index (χ2n) is 16.9. The van der Waals surface area contributed by atoms with Gasteiger partial charge in [0.25, 0.3) is 5.95 Å². The molecule has 64 heavy (non-hydrogen) atoms. The predicted octanol–water partition coefficient (Wildman–Crippen LogP) is 9.74.